The second-order valence-electron chi connectivity index (χ2n) is 6.52. The van der Waals surface area contributed by atoms with Crippen LogP contribution in [-0.2, 0) is 4.74 Å². The van der Waals surface area contributed by atoms with E-state index in [2.05, 4.69) is 4.98 Å². The highest BCUT2D eigenvalue weighted by atomic mass is 16.6. The molecule has 1 aromatic heterocycles. The van der Waals surface area contributed by atoms with Crippen molar-refractivity contribution in [2.45, 2.75) is 52.7 Å². The van der Waals surface area contributed by atoms with Crippen LogP contribution in [0.4, 0.5) is 4.79 Å². The lowest BCUT2D eigenvalue weighted by Gasteiger charge is -2.41. The van der Waals surface area contributed by atoms with Gasteiger partial charge in [-0.05, 0) is 52.7 Å². The number of rotatable bonds is 3. The molecule has 0 unspecified atom stereocenters. The van der Waals surface area contributed by atoms with Crippen molar-refractivity contribution < 1.29 is 14.3 Å². The molecule has 1 aromatic rings. The number of aryl methyl sites for hydroxylation is 2. The Hall–Kier alpha value is -1.78. The predicted octanol–water partition coefficient (Wildman–Crippen LogP) is 3.09. The number of pyridine rings is 1. The highest BCUT2D eigenvalue weighted by Crippen LogP contribution is 2.23. The summed E-state index contributed by atoms with van der Waals surface area (Å²) in [5.74, 6) is 0.783. The van der Waals surface area contributed by atoms with Crippen molar-refractivity contribution in [1.82, 2.24) is 9.88 Å². The monoisotopic (exact) mass is 292 g/mol. The summed E-state index contributed by atoms with van der Waals surface area (Å²) in [6.07, 6.45) is 2.50. The van der Waals surface area contributed by atoms with Crippen LogP contribution in [-0.4, -0.2) is 40.8 Å². The number of likely N-dealkylation sites (tertiary alicyclic amines) is 1. The molecule has 2 heterocycles. The fourth-order valence-electron chi connectivity index (χ4n) is 2.12. The zero-order valence-electron chi connectivity index (χ0n) is 13.5. The molecule has 2 rings (SSSR count). The van der Waals surface area contributed by atoms with Gasteiger partial charge in [-0.15, -0.1) is 0 Å². The summed E-state index contributed by atoms with van der Waals surface area (Å²) >= 11 is 0. The predicted molar refractivity (Wildman–Crippen MR) is 80.6 cm³/mol. The fraction of sp³-hybridized carbons (Fsp3) is 0.625. The molecule has 21 heavy (non-hydrogen) atoms. The molecular weight excluding hydrogens is 268 g/mol. The number of aromatic nitrogens is 1. The van der Waals surface area contributed by atoms with Gasteiger partial charge in [-0.3, -0.25) is 4.98 Å². The molecule has 0 spiro atoms. The van der Waals surface area contributed by atoms with Crippen LogP contribution in [0.1, 0.15) is 38.4 Å². The smallest absolute Gasteiger partial charge is 0.410 e. The summed E-state index contributed by atoms with van der Waals surface area (Å²) in [5, 5.41) is 0. The normalized spacial score (nSPS) is 18.1. The van der Waals surface area contributed by atoms with E-state index in [1.54, 1.807) is 4.90 Å². The van der Waals surface area contributed by atoms with E-state index in [0.29, 0.717) is 6.61 Å². The minimum atomic E-state index is -0.463. The molecule has 0 N–H and O–H groups in total. The van der Waals surface area contributed by atoms with Crippen LogP contribution in [0.25, 0.3) is 0 Å². The largest absolute Gasteiger partial charge is 0.490 e. The number of carbonyl (C=O) groups excluding carboxylic acids is 1. The number of hydrogen-bond acceptors (Lipinski definition) is 4. The first-order valence-electron chi connectivity index (χ1n) is 7.32. The van der Waals surface area contributed by atoms with Crippen LogP contribution >= 0.6 is 0 Å². The number of ether oxygens (including phenoxy) is 2. The molecule has 1 aliphatic heterocycles. The van der Waals surface area contributed by atoms with Crippen molar-refractivity contribution in [2.75, 3.05) is 13.2 Å². The van der Waals surface area contributed by atoms with E-state index in [-0.39, 0.29) is 12.1 Å². The molecule has 1 amide bonds. The van der Waals surface area contributed by atoms with Gasteiger partial charge in [-0.25, -0.2) is 4.79 Å². The highest BCUT2D eigenvalue weighted by Gasteiger charge is 2.35. The second-order valence-corrected chi connectivity index (χ2v) is 6.52. The zero-order chi connectivity index (χ0) is 15.6. The quantitative estimate of drug-likeness (QED) is 0.859. The minimum absolute atomic E-state index is 0.0831. The van der Waals surface area contributed by atoms with E-state index in [1.165, 1.54) is 0 Å². The second kappa shape index (κ2) is 5.92. The number of hydrogen-bond donors (Lipinski definition) is 0. The molecule has 0 radical (unpaired) electrons. The van der Waals surface area contributed by atoms with Crippen molar-refractivity contribution in [3.8, 4) is 5.75 Å². The maximum Gasteiger partial charge on any atom is 0.410 e. The SMILES string of the molecule is Cc1cnc(C)c(OC[C@@H]2CCN2C(=O)OC(C)(C)C)c1. The summed E-state index contributed by atoms with van der Waals surface area (Å²) in [6, 6.07) is 2.05. The minimum Gasteiger partial charge on any atom is -0.490 e. The first-order chi connectivity index (χ1) is 9.76. The third-order valence-electron chi connectivity index (χ3n) is 3.38. The van der Waals surface area contributed by atoms with Gasteiger partial charge in [-0.2, -0.15) is 0 Å². The van der Waals surface area contributed by atoms with Crippen molar-refractivity contribution in [1.29, 1.82) is 0 Å². The third kappa shape index (κ3) is 4.09. The molecule has 5 nitrogen and oxygen atoms in total. The Kier molecular flexibility index (Phi) is 4.40. The Balaban J connectivity index is 1.89. The lowest BCUT2D eigenvalue weighted by molar-refractivity contribution is -0.0142. The molecule has 0 aromatic carbocycles. The maximum atomic E-state index is 12.0. The Morgan fingerprint density at radius 1 is 1.43 bits per heavy atom. The first-order valence-corrected chi connectivity index (χ1v) is 7.32. The van der Waals surface area contributed by atoms with Gasteiger partial charge in [0, 0.05) is 12.7 Å². The fourth-order valence-corrected chi connectivity index (χ4v) is 2.12. The summed E-state index contributed by atoms with van der Waals surface area (Å²) in [6.45, 7) is 10.7. The lowest BCUT2D eigenvalue weighted by Crippen LogP contribution is -2.55. The lowest BCUT2D eigenvalue weighted by atomic mass is 10.1. The molecule has 116 valence electrons. The average molecular weight is 292 g/mol. The van der Waals surface area contributed by atoms with Crippen LogP contribution in [0.2, 0.25) is 0 Å². The molecule has 0 aliphatic carbocycles. The van der Waals surface area contributed by atoms with Gasteiger partial charge >= 0.3 is 6.09 Å². The van der Waals surface area contributed by atoms with E-state index in [4.69, 9.17) is 9.47 Å². The molecule has 1 atom stereocenters. The number of nitrogens with zero attached hydrogens (tertiary/aromatic N) is 2. The zero-order valence-corrected chi connectivity index (χ0v) is 13.5. The molecule has 1 aliphatic rings. The third-order valence-corrected chi connectivity index (χ3v) is 3.38. The molecule has 0 saturated carbocycles. The van der Waals surface area contributed by atoms with E-state index in [9.17, 15) is 4.79 Å². The Bertz CT molecular complexity index is 523. The van der Waals surface area contributed by atoms with Gasteiger partial charge in [0.15, 0.2) is 0 Å². The van der Waals surface area contributed by atoms with Crippen molar-refractivity contribution in [2.24, 2.45) is 0 Å². The van der Waals surface area contributed by atoms with Crippen molar-refractivity contribution in [3.63, 3.8) is 0 Å². The van der Waals surface area contributed by atoms with Gasteiger partial charge in [-0.1, -0.05) is 0 Å². The summed E-state index contributed by atoms with van der Waals surface area (Å²) in [4.78, 5) is 18.0. The standard InChI is InChI=1S/C16H24N2O3/c1-11-8-14(12(2)17-9-11)20-10-13-6-7-18(13)15(19)21-16(3,4)5/h8-9,13H,6-7,10H2,1-5H3/t13-/m0/s1. The van der Waals surface area contributed by atoms with Gasteiger partial charge in [0.2, 0.25) is 0 Å². The Labute approximate surface area is 126 Å². The average Bonchev–Trinajstić information content (AvgIpc) is 2.29. The molecular formula is C16H24N2O3. The first kappa shape index (κ1) is 15.6. The van der Waals surface area contributed by atoms with Gasteiger partial charge in [0.05, 0.1) is 11.7 Å². The molecule has 0 bridgehead atoms. The maximum absolute atomic E-state index is 12.0. The van der Waals surface area contributed by atoms with Crippen LogP contribution in [0.15, 0.2) is 12.3 Å². The number of carbonyl (C=O) groups is 1. The van der Waals surface area contributed by atoms with Crippen molar-refractivity contribution in [3.05, 3.63) is 23.5 Å². The van der Waals surface area contributed by atoms with Gasteiger partial charge in [0.25, 0.3) is 0 Å². The van der Waals surface area contributed by atoms with Crippen LogP contribution in [0, 0.1) is 13.8 Å². The van der Waals surface area contributed by atoms with Gasteiger partial charge in [0.1, 0.15) is 18.0 Å². The molecule has 1 saturated heterocycles. The van der Waals surface area contributed by atoms with E-state index >= 15 is 0 Å². The summed E-state index contributed by atoms with van der Waals surface area (Å²) in [7, 11) is 0. The molecule has 5 heteroatoms. The van der Waals surface area contributed by atoms with Gasteiger partial charge < -0.3 is 14.4 Å². The van der Waals surface area contributed by atoms with Crippen LogP contribution in [0.5, 0.6) is 5.75 Å². The highest BCUT2D eigenvalue weighted by molar-refractivity contribution is 5.69. The Morgan fingerprint density at radius 3 is 2.71 bits per heavy atom. The summed E-state index contributed by atoms with van der Waals surface area (Å²) < 4.78 is 11.2. The van der Waals surface area contributed by atoms with Crippen LogP contribution < -0.4 is 4.74 Å². The number of amides is 1. The van der Waals surface area contributed by atoms with E-state index in [0.717, 1.165) is 30.0 Å². The topological polar surface area (TPSA) is 51.7 Å². The van der Waals surface area contributed by atoms with Crippen LogP contribution in [0.3, 0.4) is 0 Å². The van der Waals surface area contributed by atoms with E-state index in [1.807, 2.05) is 46.9 Å². The van der Waals surface area contributed by atoms with E-state index < -0.39 is 5.60 Å². The molecule has 1 fully saturated rings. The summed E-state index contributed by atoms with van der Waals surface area (Å²) in [5.41, 5.74) is 1.46. The van der Waals surface area contributed by atoms with Crippen molar-refractivity contribution >= 4 is 6.09 Å². The Morgan fingerprint density at radius 2 is 2.14 bits per heavy atom.